The topological polar surface area (TPSA) is 120 Å². The van der Waals surface area contributed by atoms with Crippen molar-refractivity contribution in [1.29, 1.82) is 0 Å². The Balaban J connectivity index is 1.24. The molecule has 5 rings (SSSR count). The predicted octanol–water partition coefficient (Wildman–Crippen LogP) is 2.65. The van der Waals surface area contributed by atoms with Crippen molar-refractivity contribution in [3.05, 3.63) is 48.3 Å². The second-order valence-electron chi connectivity index (χ2n) is 11.5. The van der Waals surface area contributed by atoms with Gasteiger partial charge in [0.2, 0.25) is 11.8 Å². The number of hydrogen-bond acceptors (Lipinski definition) is 9. The minimum atomic E-state index is -0.662. The van der Waals surface area contributed by atoms with Crippen LogP contribution in [0.15, 0.2) is 36.9 Å². The number of ether oxygens (including phenoxy) is 1. The first kappa shape index (κ1) is 29.8. The van der Waals surface area contributed by atoms with Crippen molar-refractivity contribution in [2.45, 2.75) is 51.1 Å². The SMILES string of the molecule is C=CC(=O)N1CCC[C@@H]1COc1nc(Nc2ccc(N3CCC(N4CCN(C)CC4)CC3)cc2)c(C(N)=O)nc1CC. The Bertz CT molecular complexity index is 1250. The molecule has 0 unspecified atom stereocenters. The lowest BCUT2D eigenvalue weighted by molar-refractivity contribution is -0.127. The van der Waals surface area contributed by atoms with Crippen LogP contribution < -0.4 is 20.7 Å². The van der Waals surface area contributed by atoms with Gasteiger partial charge in [-0.05, 0) is 69.5 Å². The van der Waals surface area contributed by atoms with E-state index in [9.17, 15) is 9.59 Å². The van der Waals surface area contributed by atoms with Gasteiger partial charge in [-0.25, -0.2) is 4.98 Å². The number of benzene rings is 1. The zero-order valence-corrected chi connectivity index (χ0v) is 24.9. The van der Waals surface area contributed by atoms with Crippen molar-refractivity contribution < 1.29 is 14.3 Å². The standard InChI is InChI=1S/C31H44N8O3/c1-4-26-31(42-21-25-7-6-14-39(25)27(40)5-2)35-30(28(34-26)29(32)41)33-22-8-10-23(11-9-22)37-15-12-24(13-16-37)38-19-17-36(3)18-20-38/h5,8-11,24-25H,2,4,6-7,12-21H2,1,3H3,(H2,32,41)(H,33,35)/t25-/m1/s1. The molecule has 3 N–H and O–H groups in total. The van der Waals surface area contributed by atoms with Crippen LogP contribution in [-0.2, 0) is 11.2 Å². The number of nitrogens with one attached hydrogen (secondary N) is 1. The lowest BCUT2D eigenvalue weighted by atomic mass is 10.0. The van der Waals surface area contributed by atoms with Crippen LogP contribution >= 0.6 is 0 Å². The van der Waals surface area contributed by atoms with Gasteiger partial charge in [-0.3, -0.25) is 14.5 Å². The third kappa shape index (κ3) is 6.84. The number of aryl methyl sites for hydroxylation is 1. The molecule has 0 bridgehead atoms. The highest BCUT2D eigenvalue weighted by Gasteiger charge is 2.29. The van der Waals surface area contributed by atoms with E-state index in [2.05, 4.69) is 55.7 Å². The minimum absolute atomic E-state index is 0.0617. The maximum atomic E-state index is 12.3. The van der Waals surface area contributed by atoms with Crippen LogP contribution in [0.5, 0.6) is 5.88 Å². The average molecular weight is 577 g/mol. The summed E-state index contributed by atoms with van der Waals surface area (Å²) < 4.78 is 6.10. The van der Waals surface area contributed by atoms with Crippen molar-refractivity contribution in [3.8, 4) is 5.88 Å². The fourth-order valence-corrected chi connectivity index (χ4v) is 6.22. The van der Waals surface area contributed by atoms with Crippen LogP contribution in [0.1, 0.15) is 48.8 Å². The van der Waals surface area contributed by atoms with Crippen LogP contribution in [0.25, 0.3) is 0 Å². The Labute approximate surface area is 248 Å². The Morgan fingerprint density at radius 1 is 1.05 bits per heavy atom. The molecule has 1 atom stereocenters. The molecule has 3 saturated heterocycles. The minimum Gasteiger partial charge on any atom is -0.474 e. The molecule has 2 aromatic rings. The highest BCUT2D eigenvalue weighted by Crippen LogP contribution is 2.28. The summed E-state index contributed by atoms with van der Waals surface area (Å²) in [5.74, 6) is -0.176. The Kier molecular flexibility index (Phi) is 9.58. The summed E-state index contributed by atoms with van der Waals surface area (Å²) in [6.07, 6.45) is 5.96. The number of rotatable bonds is 10. The molecular weight excluding hydrogens is 532 g/mol. The van der Waals surface area contributed by atoms with Gasteiger partial charge in [0.05, 0.1) is 6.04 Å². The van der Waals surface area contributed by atoms with E-state index in [-0.39, 0.29) is 30.1 Å². The summed E-state index contributed by atoms with van der Waals surface area (Å²) in [6, 6.07) is 8.77. The van der Waals surface area contributed by atoms with Crippen molar-refractivity contribution in [3.63, 3.8) is 0 Å². The number of piperidine rings is 1. The summed E-state index contributed by atoms with van der Waals surface area (Å²) in [7, 11) is 2.20. The van der Waals surface area contributed by atoms with E-state index in [0.717, 1.165) is 57.8 Å². The van der Waals surface area contributed by atoms with E-state index < -0.39 is 5.91 Å². The Morgan fingerprint density at radius 2 is 1.76 bits per heavy atom. The highest BCUT2D eigenvalue weighted by molar-refractivity contribution is 5.96. The fourth-order valence-electron chi connectivity index (χ4n) is 6.22. The molecule has 3 aliphatic rings. The lowest BCUT2D eigenvalue weighted by Gasteiger charge is -2.42. The van der Waals surface area contributed by atoms with E-state index in [1.54, 1.807) is 4.90 Å². The van der Waals surface area contributed by atoms with E-state index in [1.165, 1.54) is 24.6 Å². The van der Waals surface area contributed by atoms with Gasteiger partial charge in [0, 0.05) is 63.2 Å². The van der Waals surface area contributed by atoms with Gasteiger partial charge in [0.25, 0.3) is 5.91 Å². The van der Waals surface area contributed by atoms with Crippen molar-refractivity contribution in [1.82, 2.24) is 24.7 Å². The Morgan fingerprint density at radius 3 is 2.40 bits per heavy atom. The van der Waals surface area contributed by atoms with Gasteiger partial charge in [-0.1, -0.05) is 13.5 Å². The van der Waals surface area contributed by atoms with Crippen molar-refractivity contribution in [2.75, 3.05) is 69.7 Å². The third-order valence-electron chi connectivity index (χ3n) is 8.76. The molecule has 42 heavy (non-hydrogen) atoms. The second kappa shape index (κ2) is 13.5. The van der Waals surface area contributed by atoms with E-state index in [1.807, 2.05) is 19.1 Å². The summed E-state index contributed by atoms with van der Waals surface area (Å²) in [5.41, 5.74) is 8.26. The maximum Gasteiger partial charge on any atom is 0.271 e. The number of nitrogens with zero attached hydrogens (tertiary/aromatic N) is 6. The number of piperazine rings is 1. The molecule has 3 fully saturated rings. The fraction of sp³-hybridized carbons (Fsp3) is 0.548. The normalized spacial score (nSPS) is 20.5. The first-order valence-electron chi connectivity index (χ1n) is 15.2. The number of carbonyl (C=O) groups excluding carboxylic acids is 2. The van der Waals surface area contributed by atoms with E-state index in [0.29, 0.717) is 30.6 Å². The molecule has 0 radical (unpaired) electrons. The smallest absolute Gasteiger partial charge is 0.271 e. The molecule has 0 spiro atoms. The van der Waals surface area contributed by atoms with Gasteiger partial charge in [0.15, 0.2) is 11.5 Å². The molecule has 0 aliphatic carbocycles. The first-order valence-corrected chi connectivity index (χ1v) is 15.2. The molecule has 11 heteroatoms. The van der Waals surface area contributed by atoms with Gasteiger partial charge < -0.3 is 30.5 Å². The molecule has 11 nitrogen and oxygen atoms in total. The first-order chi connectivity index (χ1) is 20.4. The molecule has 2 amide bonds. The monoisotopic (exact) mass is 576 g/mol. The summed E-state index contributed by atoms with van der Waals surface area (Å²) >= 11 is 0. The average Bonchev–Trinajstić information content (AvgIpc) is 3.49. The number of primary amides is 1. The predicted molar refractivity (Wildman–Crippen MR) is 164 cm³/mol. The van der Waals surface area contributed by atoms with Gasteiger partial charge in [-0.15, -0.1) is 0 Å². The van der Waals surface area contributed by atoms with E-state index >= 15 is 0 Å². The molecule has 226 valence electrons. The van der Waals surface area contributed by atoms with Crippen LogP contribution in [0.2, 0.25) is 0 Å². The number of carbonyl (C=O) groups is 2. The highest BCUT2D eigenvalue weighted by atomic mass is 16.5. The van der Waals surface area contributed by atoms with E-state index in [4.69, 9.17) is 10.5 Å². The second-order valence-corrected chi connectivity index (χ2v) is 11.5. The maximum absolute atomic E-state index is 12.3. The van der Waals surface area contributed by atoms with Crippen molar-refractivity contribution >= 4 is 29.0 Å². The lowest BCUT2D eigenvalue weighted by Crippen LogP contribution is -2.52. The quantitative estimate of drug-likeness (QED) is 0.411. The molecule has 1 aromatic heterocycles. The van der Waals surface area contributed by atoms with Crippen LogP contribution in [0, 0.1) is 0 Å². The summed E-state index contributed by atoms with van der Waals surface area (Å²) in [5, 5.41) is 3.23. The molecule has 1 aromatic carbocycles. The molecular formula is C31H44N8O3. The Hall–Kier alpha value is -3.70. The van der Waals surface area contributed by atoms with Gasteiger partial charge >= 0.3 is 0 Å². The molecule has 4 heterocycles. The van der Waals surface area contributed by atoms with Crippen LogP contribution in [-0.4, -0.2) is 108 Å². The number of hydrogen-bond donors (Lipinski definition) is 2. The number of anilines is 3. The molecule has 0 saturated carbocycles. The molecule has 3 aliphatic heterocycles. The summed E-state index contributed by atoms with van der Waals surface area (Å²) in [6.45, 7) is 13.2. The zero-order valence-electron chi connectivity index (χ0n) is 24.9. The number of likely N-dealkylation sites (N-methyl/N-ethyl adjacent to an activating group) is 1. The number of aromatic nitrogens is 2. The van der Waals surface area contributed by atoms with Crippen molar-refractivity contribution in [2.24, 2.45) is 5.73 Å². The summed E-state index contributed by atoms with van der Waals surface area (Å²) in [4.78, 5) is 42.9. The number of likely N-dealkylation sites (tertiary alicyclic amines) is 1. The number of nitrogens with two attached hydrogens (primary N) is 1. The van der Waals surface area contributed by atoms with Crippen LogP contribution in [0.3, 0.4) is 0 Å². The van der Waals surface area contributed by atoms with Gasteiger partial charge in [0.1, 0.15) is 12.3 Å². The largest absolute Gasteiger partial charge is 0.474 e. The van der Waals surface area contributed by atoms with Gasteiger partial charge in [-0.2, -0.15) is 4.98 Å². The number of amides is 2. The third-order valence-corrected chi connectivity index (χ3v) is 8.76. The zero-order chi connectivity index (χ0) is 29.6. The van der Waals surface area contributed by atoms with Crippen LogP contribution in [0.4, 0.5) is 17.2 Å².